The summed E-state index contributed by atoms with van der Waals surface area (Å²) in [6.07, 6.45) is 1.14. The van der Waals surface area contributed by atoms with E-state index < -0.39 is 0 Å². The highest BCUT2D eigenvalue weighted by Gasteiger charge is 2.12. The second kappa shape index (κ2) is 8.23. The summed E-state index contributed by atoms with van der Waals surface area (Å²) in [5.74, 6) is 0.0220. The fraction of sp³-hybridized carbons (Fsp3) is 0.238. The van der Waals surface area contributed by atoms with Crippen LogP contribution in [0.1, 0.15) is 23.4 Å². The van der Waals surface area contributed by atoms with Crippen LogP contribution in [0.15, 0.2) is 64.4 Å². The van der Waals surface area contributed by atoms with Crippen molar-refractivity contribution in [1.29, 1.82) is 0 Å². The first kappa shape index (κ1) is 18.3. The van der Waals surface area contributed by atoms with Crippen LogP contribution in [0.4, 0.5) is 5.69 Å². The van der Waals surface area contributed by atoms with E-state index in [1.807, 2.05) is 68.0 Å². The zero-order valence-electron chi connectivity index (χ0n) is 15.3. The van der Waals surface area contributed by atoms with Crippen LogP contribution in [0.5, 0.6) is 0 Å². The second-order valence-electron chi connectivity index (χ2n) is 6.23. The third-order valence-electron chi connectivity index (χ3n) is 4.39. The Morgan fingerprint density at radius 2 is 1.77 bits per heavy atom. The molecule has 0 radical (unpaired) electrons. The molecule has 3 rings (SSSR count). The highest BCUT2D eigenvalue weighted by Crippen LogP contribution is 2.33. The van der Waals surface area contributed by atoms with Gasteiger partial charge in [-0.2, -0.15) is 5.10 Å². The Hall–Kier alpha value is -2.53. The quantitative estimate of drug-likeness (QED) is 0.685. The van der Waals surface area contributed by atoms with Gasteiger partial charge in [0.1, 0.15) is 0 Å². The lowest BCUT2D eigenvalue weighted by molar-refractivity contribution is -0.116. The Balaban J connectivity index is 1.66. The topological polar surface area (TPSA) is 46.9 Å². The number of carbonyl (C=O) groups excluding carboxylic acids is 1. The first-order chi connectivity index (χ1) is 12.5. The van der Waals surface area contributed by atoms with Crippen molar-refractivity contribution < 1.29 is 4.79 Å². The molecule has 0 saturated carbocycles. The largest absolute Gasteiger partial charge is 0.325 e. The van der Waals surface area contributed by atoms with Crippen LogP contribution < -0.4 is 5.32 Å². The molecule has 0 atom stereocenters. The molecule has 0 spiro atoms. The molecule has 0 aliphatic rings. The van der Waals surface area contributed by atoms with Crippen molar-refractivity contribution in [2.45, 2.75) is 36.5 Å². The summed E-state index contributed by atoms with van der Waals surface area (Å²) >= 11 is 1.65. The molecular weight excluding hydrogens is 342 g/mol. The van der Waals surface area contributed by atoms with Gasteiger partial charge in [0.2, 0.25) is 5.91 Å². The Morgan fingerprint density at radius 1 is 1.08 bits per heavy atom. The minimum absolute atomic E-state index is 0.0220. The van der Waals surface area contributed by atoms with E-state index in [4.69, 9.17) is 0 Å². The number of carbonyl (C=O) groups is 1. The highest BCUT2D eigenvalue weighted by molar-refractivity contribution is 7.99. The Morgan fingerprint density at radius 3 is 2.46 bits per heavy atom. The van der Waals surface area contributed by atoms with Crippen LogP contribution in [0.3, 0.4) is 0 Å². The third-order valence-corrected chi connectivity index (χ3v) is 5.48. The van der Waals surface area contributed by atoms with Gasteiger partial charge < -0.3 is 5.32 Å². The van der Waals surface area contributed by atoms with Crippen LogP contribution in [0.2, 0.25) is 0 Å². The van der Waals surface area contributed by atoms with E-state index in [0.29, 0.717) is 12.8 Å². The predicted octanol–water partition coefficient (Wildman–Crippen LogP) is 4.76. The average Bonchev–Trinajstić information content (AvgIpc) is 2.88. The van der Waals surface area contributed by atoms with Crippen molar-refractivity contribution in [3.63, 3.8) is 0 Å². The first-order valence-electron chi connectivity index (χ1n) is 8.65. The van der Waals surface area contributed by atoms with Crippen molar-refractivity contribution in [2.75, 3.05) is 5.32 Å². The summed E-state index contributed by atoms with van der Waals surface area (Å²) in [6.45, 7) is 4.03. The van der Waals surface area contributed by atoms with Gasteiger partial charge in [-0.1, -0.05) is 42.1 Å². The molecule has 0 aliphatic carbocycles. The van der Waals surface area contributed by atoms with E-state index in [1.54, 1.807) is 11.8 Å². The van der Waals surface area contributed by atoms with E-state index >= 15 is 0 Å². The zero-order chi connectivity index (χ0) is 18.5. The molecule has 4 nitrogen and oxygen atoms in total. The summed E-state index contributed by atoms with van der Waals surface area (Å²) in [6, 6.07) is 18.1. The summed E-state index contributed by atoms with van der Waals surface area (Å²) in [4.78, 5) is 14.7. The molecule has 3 aromatic rings. The number of hydrogen-bond donors (Lipinski definition) is 1. The number of nitrogens with one attached hydrogen (secondary N) is 1. The first-order valence-corrected chi connectivity index (χ1v) is 9.47. The molecule has 1 aromatic heterocycles. The second-order valence-corrected chi connectivity index (χ2v) is 7.35. The highest BCUT2D eigenvalue weighted by atomic mass is 32.2. The summed E-state index contributed by atoms with van der Waals surface area (Å²) in [5.41, 5.74) is 4.13. The van der Waals surface area contributed by atoms with Crippen LogP contribution in [-0.4, -0.2) is 15.7 Å². The van der Waals surface area contributed by atoms with Gasteiger partial charge in [0, 0.05) is 29.0 Å². The lowest BCUT2D eigenvalue weighted by Crippen LogP contribution is -2.13. The fourth-order valence-electron chi connectivity index (χ4n) is 2.90. The molecular formula is C21H23N3OS. The number of rotatable bonds is 6. The number of amides is 1. The molecule has 134 valence electrons. The maximum absolute atomic E-state index is 12.5. The summed E-state index contributed by atoms with van der Waals surface area (Å²) in [5, 5.41) is 7.47. The van der Waals surface area contributed by atoms with Crippen LogP contribution in [-0.2, 0) is 18.3 Å². The van der Waals surface area contributed by atoms with Crippen LogP contribution >= 0.6 is 11.8 Å². The van der Waals surface area contributed by atoms with Gasteiger partial charge in [-0.15, -0.1) is 0 Å². The van der Waals surface area contributed by atoms with Gasteiger partial charge in [-0.3, -0.25) is 9.48 Å². The Bertz CT molecular complexity index is 903. The number of aryl methyl sites for hydroxylation is 2. The summed E-state index contributed by atoms with van der Waals surface area (Å²) < 4.78 is 1.87. The molecule has 0 bridgehead atoms. The van der Waals surface area contributed by atoms with Crippen molar-refractivity contribution in [3.05, 3.63) is 71.5 Å². The minimum Gasteiger partial charge on any atom is -0.325 e. The minimum atomic E-state index is 0.0220. The van der Waals surface area contributed by atoms with E-state index in [9.17, 15) is 4.79 Å². The van der Waals surface area contributed by atoms with Crippen molar-refractivity contribution in [2.24, 2.45) is 7.05 Å². The molecule has 0 unspecified atom stereocenters. The SMILES string of the molecule is Cc1nn(C)c(C)c1CCC(=O)Nc1ccccc1Sc1ccccc1. The fourth-order valence-corrected chi connectivity index (χ4v) is 3.83. The van der Waals surface area contributed by atoms with Gasteiger partial charge in [0.25, 0.3) is 0 Å². The zero-order valence-corrected chi connectivity index (χ0v) is 16.1. The van der Waals surface area contributed by atoms with Gasteiger partial charge in [0.05, 0.1) is 11.4 Å². The standard InChI is InChI=1S/C21H23N3OS/c1-15-18(16(2)24(3)23-15)13-14-21(25)22-19-11-7-8-12-20(19)26-17-9-5-4-6-10-17/h4-12H,13-14H2,1-3H3,(H,22,25). The smallest absolute Gasteiger partial charge is 0.224 e. The van der Waals surface area contributed by atoms with Gasteiger partial charge >= 0.3 is 0 Å². The molecule has 0 fully saturated rings. The number of aromatic nitrogens is 2. The number of hydrogen-bond acceptors (Lipinski definition) is 3. The average molecular weight is 366 g/mol. The molecule has 26 heavy (non-hydrogen) atoms. The number of para-hydroxylation sites is 1. The van der Waals surface area contributed by atoms with Crippen LogP contribution in [0, 0.1) is 13.8 Å². The summed E-state index contributed by atoms with van der Waals surface area (Å²) in [7, 11) is 1.93. The molecule has 1 N–H and O–H groups in total. The van der Waals surface area contributed by atoms with Gasteiger partial charge in [-0.25, -0.2) is 0 Å². The maximum Gasteiger partial charge on any atom is 0.224 e. The Kier molecular flexibility index (Phi) is 5.78. The van der Waals surface area contributed by atoms with Crippen molar-refractivity contribution in [1.82, 2.24) is 9.78 Å². The molecule has 1 amide bonds. The number of anilines is 1. The molecule has 5 heteroatoms. The number of nitrogens with zero attached hydrogens (tertiary/aromatic N) is 2. The maximum atomic E-state index is 12.5. The monoisotopic (exact) mass is 365 g/mol. The van der Waals surface area contributed by atoms with E-state index in [0.717, 1.165) is 32.4 Å². The van der Waals surface area contributed by atoms with Crippen molar-refractivity contribution in [3.8, 4) is 0 Å². The lowest BCUT2D eigenvalue weighted by atomic mass is 10.1. The predicted molar refractivity (Wildman–Crippen MR) is 107 cm³/mol. The third kappa shape index (κ3) is 4.35. The van der Waals surface area contributed by atoms with Crippen molar-refractivity contribution >= 4 is 23.4 Å². The molecule has 1 heterocycles. The van der Waals surface area contributed by atoms with Crippen LogP contribution in [0.25, 0.3) is 0 Å². The van der Waals surface area contributed by atoms with E-state index in [-0.39, 0.29) is 5.91 Å². The molecule has 2 aromatic carbocycles. The van der Waals surface area contributed by atoms with E-state index in [2.05, 4.69) is 22.5 Å². The number of benzene rings is 2. The molecule has 0 saturated heterocycles. The molecule has 0 aliphatic heterocycles. The Labute approximate surface area is 158 Å². The normalized spacial score (nSPS) is 10.7. The van der Waals surface area contributed by atoms with Gasteiger partial charge in [0.15, 0.2) is 0 Å². The van der Waals surface area contributed by atoms with Gasteiger partial charge in [-0.05, 0) is 50.1 Å². The lowest BCUT2D eigenvalue weighted by Gasteiger charge is -2.11. The van der Waals surface area contributed by atoms with E-state index in [1.165, 1.54) is 0 Å².